The SMILES string of the molecule is CN=C(NCCCn1nc2n(c1=O)CCCC2)N(C)Cc1ccc(Cl)cc1. The molecule has 8 heteroatoms. The van der Waals surface area contributed by atoms with Crippen LogP contribution in [-0.2, 0) is 26.1 Å². The number of rotatable bonds is 6. The number of nitrogens with one attached hydrogen (secondary N) is 1. The number of fused-ring (bicyclic) bond motifs is 1. The Kier molecular flexibility index (Phi) is 6.55. The molecule has 0 amide bonds. The molecule has 0 atom stereocenters. The van der Waals surface area contributed by atoms with Gasteiger partial charge in [-0.2, -0.15) is 5.10 Å². The molecule has 3 rings (SSSR count). The first kappa shape index (κ1) is 19.5. The fraction of sp³-hybridized carbons (Fsp3) is 0.526. The number of nitrogens with zero attached hydrogens (tertiary/aromatic N) is 5. The minimum absolute atomic E-state index is 0.0222. The van der Waals surface area contributed by atoms with Crippen molar-refractivity contribution in [3.8, 4) is 0 Å². The van der Waals surface area contributed by atoms with Crippen molar-refractivity contribution in [1.29, 1.82) is 0 Å². The van der Waals surface area contributed by atoms with E-state index in [1.54, 1.807) is 11.7 Å². The molecule has 7 nitrogen and oxygen atoms in total. The van der Waals surface area contributed by atoms with Gasteiger partial charge in [0.25, 0.3) is 0 Å². The molecule has 2 aromatic rings. The van der Waals surface area contributed by atoms with Crippen LogP contribution in [0.25, 0.3) is 0 Å². The minimum Gasteiger partial charge on any atom is -0.356 e. The van der Waals surface area contributed by atoms with Gasteiger partial charge in [-0.3, -0.25) is 9.56 Å². The Balaban J connectivity index is 1.48. The van der Waals surface area contributed by atoms with Crippen molar-refractivity contribution < 1.29 is 0 Å². The normalized spacial score (nSPS) is 14.1. The lowest BCUT2D eigenvalue weighted by molar-refractivity contribution is 0.469. The number of guanidine groups is 1. The molecule has 0 radical (unpaired) electrons. The molecule has 1 aliphatic rings. The Bertz CT molecular complexity index is 839. The maximum Gasteiger partial charge on any atom is 0.345 e. The van der Waals surface area contributed by atoms with Crippen LogP contribution in [0.2, 0.25) is 5.02 Å². The summed E-state index contributed by atoms with van der Waals surface area (Å²) >= 11 is 5.94. The van der Waals surface area contributed by atoms with Crippen LogP contribution in [0, 0.1) is 0 Å². The second-order valence-electron chi connectivity index (χ2n) is 6.84. The quantitative estimate of drug-likeness (QED) is 0.466. The van der Waals surface area contributed by atoms with Gasteiger partial charge in [-0.05, 0) is 37.0 Å². The van der Waals surface area contributed by atoms with Crippen molar-refractivity contribution in [2.45, 2.75) is 45.3 Å². The van der Waals surface area contributed by atoms with Crippen LogP contribution in [0.4, 0.5) is 0 Å². The van der Waals surface area contributed by atoms with Crippen LogP contribution in [0.3, 0.4) is 0 Å². The lowest BCUT2D eigenvalue weighted by atomic mass is 10.2. The minimum atomic E-state index is 0.0222. The largest absolute Gasteiger partial charge is 0.356 e. The van der Waals surface area contributed by atoms with Gasteiger partial charge in [0, 0.05) is 51.7 Å². The summed E-state index contributed by atoms with van der Waals surface area (Å²) in [6.07, 6.45) is 3.90. The van der Waals surface area contributed by atoms with Gasteiger partial charge in [-0.15, -0.1) is 0 Å². The lowest BCUT2D eigenvalue weighted by Gasteiger charge is -2.22. The average molecular weight is 391 g/mol. The molecule has 0 spiro atoms. The monoisotopic (exact) mass is 390 g/mol. The van der Waals surface area contributed by atoms with Gasteiger partial charge >= 0.3 is 5.69 Å². The molecule has 0 saturated heterocycles. The zero-order chi connectivity index (χ0) is 19.2. The molecular weight excluding hydrogens is 364 g/mol. The van der Waals surface area contributed by atoms with Gasteiger partial charge in [0.2, 0.25) is 0 Å². The predicted molar refractivity (Wildman–Crippen MR) is 108 cm³/mol. The van der Waals surface area contributed by atoms with Crippen LogP contribution in [0.15, 0.2) is 34.1 Å². The van der Waals surface area contributed by atoms with Crippen molar-refractivity contribution in [2.24, 2.45) is 4.99 Å². The smallest absolute Gasteiger partial charge is 0.345 e. The number of aryl methyl sites for hydroxylation is 2. The summed E-state index contributed by atoms with van der Waals surface area (Å²) < 4.78 is 3.41. The van der Waals surface area contributed by atoms with Crippen molar-refractivity contribution >= 4 is 17.6 Å². The van der Waals surface area contributed by atoms with E-state index in [-0.39, 0.29) is 5.69 Å². The second kappa shape index (κ2) is 9.08. The van der Waals surface area contributed by atoms with E-state index in [0.717, 1.165) is 62.1 Å². The van der Waals surface area contributed by atoms with Gasteiger partial charge in [-0.1, -0.05) is 23.7 Å². The number of hydrogen-bond acceptors (Lipinski definition) is 3. The van der Waals surface area contributed by atoms with E-state index in [0.29, 0.717) is 6.54 Å². The zero-order valence-corrected chi connectivity index (χ0v) is 16.7. The molecule has 27 heavy (non-hydrogen) atoms. The summed E-state index contributed by atoms with van der Waals surface area (Å²) in [6, 6.07) is 7.81. The molecule has 0 fully saturated rings. The van der Waals surface area contributed by atoms with Crippen molar-refractivity contribution in [2.75, 3.05) is 20.6 Å². The Hall–Kier alpha value is -2.28. The first-order chi connectivity index (χ1) is 13.1. The third kappa shape index (κ3) is 4.91. The maximum absolute atomic E-state index is 12.3. The second-order valence-corrected chi connectivity index (χ2v) is 7.28. The Labute approximate surface area is 164 Å². The summed E-state index contributed by atoms with van der Waals surface area (Å²) in [5.74, 6) is 1.75. The van der Waals surface area contributed by atoms with Crippen LogP contribution >= 0.6 is 11.6 Å². The number of aromatic nitrogens is 3. The number of benzene rings is 1. The van der Waals surface area contributed by atoms with Crippen LogP contribution in [-0.4, -0.2) is 45.8 Å². The Morgan fingerprint density at radius 3 is 2.81 bits per heavy atom. The van der Waals surface area contributed by atoms with Crippen LogP contribution < -0.4 is 11.0 Å². The van der Waals surface area contributed by atoms with Gasteiger partial charge in [0.05, 0.1) is 0 Å². The fourth-order valence-corrected chi connectivity index (χ4v) is 3.47. The highest BCUT2D eigenvalue weighted by molar-refractivity contribution is 6.30. The van der Waals surface area contributed by atoms with Gasteiger partial charge in [0.1, 0.15) is 5.82 Å². The number of halogens is 1. The zero-order valence-electron chi connectivity index (χ0n) is 16.0. The van der Waals surface area contributed by atoms with E-state index in [1.165, 1.54) is 5.56 Å². The Morgan fingerprint density at radius 1 is 1.33 bits per heavy atom. The predicted octanol–water partition coefficient (Wildman–Crippen LogP) is 2.13. The molecule has 1 N–H and O–H groups in total. The van der Waals surface area contributed by atoms with E-state index in [2.05, 4.69) is 20.3 Å². The molecule has 146 valence electrons. The van der Waals surface area contributed by atoms with E-state index < -0.39 is 0 Å². The van der Waals surface area contributed by atoms with Crippen LogP contribution in [0.1, 0.15) is 30.7 Å². The molecule has 1 aromatic carbocycles. The van der Waals surface area contributed by atoms with E-state index >= 15 is 0 Å². The molecular formula is C19H27ClN6O. The fourth-order valence-electron chi connectivity index (χ4n) is 3.35. The van der Waals surface area contributed by atoms with Crippen molar-refractivity contribution in [1.82, 2.24) is 24.6 Å². The Morgan fingerprint density at radius 2 is 2.11 bits per heavy atom. The van der Waals surface area contributed by atoms with Crippen molar-refractivity contribution in [3.05, 3.63) is 51.2 Å². The number of aliphatic imine (C=N–C) groups is 1. The summed E-state index contributed by atoms with van der Waals surface area (Å²) in [5, 5.41) is 8.56. The molecule has 0 bridgehead atoms. The molecule has 1 aromatic heterocycles. The molecule has 0 aliphatic carbocycles. The molecule has 1 aliphatic heterocycles. The van der Waals surface area contributed by atoms with Gasteiger partial charge in [-0.25, -0.2) is 9.48 Å². The molecule has 0 saturated carbocycles. The summed E-state index contributed by atoms with van der Waals surface area (Å²) in [4.78, 5) is 18.7. The highest BCUT2D eigenvalue weighted by atomic mass is 35.5. The summed E-state index contributed by atoms with van der Waals surface area (Å²) in [7, 11) is 3.77. The van der Waals surface area contributed by atoms with Gasteiger partial charge < -0.3 is 10.2 Å². The van der Waals surface area contributed by atoms with E-state index in [4.69, 9.17) is 11.6 Å². The highest BCUT2D eigenvalue weighted by Gasteiger charge is 2.16. The third-order valence-corrected chi connectivity index (χ3v) is 5.02. The molecule has 2 heterocycles. The molecule has 0 unspecified atom stereocenters. The lowest BCUT2D eigenvalue weighted by Crippen LogP contribution is -2.39. The number of hydrogen-bond donors (Lipinski definition) is 1. The van der Waals surface area contributed by atoms with Gasteiger partial charge in [0.15, 0.2) is 5.96 Å². The third-order valence-electron chi connectivity index (χ3n) is 4.77. The first-order valence-electron chi connectivity index (χ1n) is 9.41. The summed E-state index contributed by atoms with van der Waals surface area (Å²) in [6.45, 7) is 2.88. The standard InChI is InChI=1S/C19H27ClN6O/c1-21-18(24(2)14-15-7-9-16(20)10-8-15)22-11-5-13-26-19(27)25-12-4-3-6-17(25)23-26/h7-10H,3-6,11-14H2,1-2H3,(H,21,22). The van der Waals surface area contributed by atoms with Crippen LogP contribution in [0.5, 0.6) is 0 Å². The van der Waals surface area contributed by atoms with E-state index in [9.17, 15) is 4.79 Å². The van der Waals surface area contributed by atoms with E-state index in [1.807, 2.05) is 35.9 Å². The first-order valence-corrected chi connectivity index (χ1v) is 9.79. The summed E-state index contributed by atoms with van der Waals surface area (Å²) in [5.41, 5.74) is 1.19. The topological polar surface area (TPSA) is 67.5 Å². The average Bonchev–Trinajstić information content (AvgIpc) is 3.00. The maximum atomic E-state index is 12.3. The van der Waals surface area contributed by atoms with Crippen molar-refractivity contribution in [3.63, 3.8) is 0 Å². The highest BCUT2D eigenvalue weighted by Crippen LogP contribution is 2.11.